The lowest BCUT2D eigenvalue weighted by Crippen LogP contribution is -2.54. The van der Waals surface area contributed by atoms with Crippen molar-refractivity contribution in [3.05, 3.63) is 29.8 Å². The lowest BCUT2D eigenvalue weighted by molar-refractivity contribution is 0.117. The molecule has 1 aromatic carbocycles. The van der Waals surface area contributed by atoms with Crippen molar-refractivity contribution in [1.29, 1.82) is 0 Å². The molecule has 1 fully saturated rings. The Balaban J connectivity index is 2.03. The minimum absolute atomic E-state index is 0.191. The molecule has 3 N–H and O–H groups in total. The van der Waals surface area contributed by atoms with Gasteiger partial charge in [-0.15, -0.1) is 0 Å². The van der Waals surface area contributed by atoms with E-state index in [9.17, 15) is 8.42 Å². The largest absolute Gasteiger partial charge is 0.326 e. The molecule has 0 radical (unpaired) electrons. The van der Waals surface area contributed by atoms with Crippen molar-refractivity contribution in [1.82, 2.24) is 14.5 Å². The molecule has 2 rings (SSSR count). The van der Waals surface area contributed by atoms with E-state index in [0.717, 1.165) is 25.2 Å². The Morgan fingerprint density at radius 1 is 1.33 bits per heavy atom. The molecule has 1 aromatic rings. The molecule has 0 spiro atoms. The average Bonchev–Trinajstić information content (AvgIpc) is 2.48. The van der Waals surface area contributed by atoms with E-state index in [0.29, 0.717) is 13.1 Å². The molecule has 7 heteroatoms. The number of nitrogens with zero attached hydrogens (tertiary/aromatic N) is 2. The summed E-state index contributed by atoms with van der Waals surface area (Å²) in [6, 6.07) is 6.95. The van der Waals surface area contributed by atoms with Crippen molar-refractivity contribution in [2.75, 3.05) is 40.3 Å². The van der Waals surface area contributed by atoms with Crippen LogP contribution in [-0.2, 0) is 16.6 Å². The molecule has 1 aliphatic rings. The molecule has 1 saturated heterocycles. The Morgan fingerprint density at radius 3 is 2.81 bits per heavy atom. The van der Waals surface area contributed by atoms with E-state index in [4.69, 9.17) is 5.73 Å². The van der Waals surface area contributed by atoms with E-state index in [1.807, 2.05) is 13.1 Å². The highest BCUT2D eigenvalue weighted by molar-refractivity contribution is 7.89. The molecule has 1 unspecified atom stereocenters. The maximum Gasteiger partial charge on any atom is 0.240 e. The Hall–Kier alpha value is -0.990. The van der Waals surface area contributed by atoms with E-state index >= 15 is 0 Å². The van der Waals surface area contributed by atoms with Crippen molar-refractivity contribution in [3.63, 3.8) is 0 Å². The molecular formula is C14H24N4O2S. The van der Waals surface area contributed by atoms with E-state index in [1.54, 1.807) is 18.2 Å². The number of nitrogens with two attached hydrogens (primary N) is 1. The van der Waals surface area contributed by atoms with Crippen LogP contribution in [0.1, 0.15) is 5.56 Å². The first-order chi connectivity index (χ1) is 9.92. The average molecular weight is 312 g/mol. The van der Waals surface area contributed by atoms with Crippen molar-refractivity contribution in [3.8, 4) is 0 Å². The molecule has 1 heterocycles. The number of sulfonamides is 1. The Bertz CT molecular complexity index is 576. The minimum atomic E-state index is -3.48. The summed E-state index contributed by atoms with van der Waals surface area (Å²) < 4.78 is 27.4. The third-order valence-corrected chi connectivity index (χ3v) is 5.35. The molecule has 1 aliphatic heterocycles. The maximum absolute atomic E-state index is 12.3. The van der Waals surface area contributed by atoms with Gasteiger partial charge in [-0.3, -0.25) is 4.90 Å². The zero-order valence-electron chi connectivity index (χ0n) is 12.6. The fourth-order valence-electron chi connectivity index (χ4n) is 2.45. The number of benzene rings is 1. The van der Waals surface area contributed by atoms with Gasteiger partial charge in [-0.1, -0.05) is 12.1 Å². The van der Waals surface area contributed by atoms with Gasteiger partial charge in [-0.2, -0.15) is 0 Å². The second kappa shape index (κ2) is 6.85. The Kier molecular flexibility index (Phi) is 5.34. The third kappa shape index (κ3) is 4.24. The molecule has 21 heavy (non-hydrogen) atoms. The van der Waals surface area contributed by atoms with Crippen LogP contribution in [0.5, 0.6) is 0 Å². The zero-order chi connectivity index (χ0) is 15.5. The van der Waals surface area contributed by atoms with Crippen molar-refractivity contribution in [2.24, 2.45) is 5.73 Å². The van der Waals surface area contributed by atoms with E-state index in [1.165, 1.54) is 0 Å². The summed E-state index contributed by atoms with van der Waals surface area (Å²) in [7, 11) is 0.600. The predicted octanol–water partition coefficient (Wildman–Crippen LogP) is -0.331. The van der Waals surface area contributed by atoms with Crippen LogP contribution in [0, 0.1) is 0 Å². The number of rotatable bonds is 5. The summed E-state index contributed by atoms with van der Waals surface area (Å²) in [6.07, 6.45) is 0. The lowest BCUT2D eigenvalue weighted by atomic mass is 10.2. The van der Waals surface area contributed by atoms with Crippen LogP contribution in [0.3, 0.4) is 0 Å². The van der Waals surface area contributed by atoms with Crippen LogP contribution >= 0.6 is 0 Å². The predicted molar refractivity (Wildman–Crippen MR) is 83.4 cm³/mol. The summed E-state index contributed by atoms with van der Waals surface area (Å²) in [5.74, 6) is 0. The normalized spacial score (nSPS) is 21.6. The van der Waals surface area contributed by atoms with Crippen LogP contribution in [0.25, 0.3) is 0 Å². The Morgan fingerprint density at radius 2 is 2.10 bits per heavy atom. The van der Waals surface area contributed by atoms with E-state index in [-0.39, 0.29) is 10.9 Å². The quantitative estimate of drug-likeness (QED) is 0.778. The number of hydrogen-bond acceptors (Lipinski definition) is 5. The molecule has 6 nitrogen and oxygen atoms in total. The highest BCUT2D eigenvalue weighted by atomic mass is 32.2. The number of likely N-dealkylation sites (N-methyl/N-ethyl adjacent to an activating group) is 2. The van der Waals surface area contributed by atoms with Gasteiger partial charge in [-0.25, -0.2) is 13.1 Å². The van der Waals surface area contributed by atoms with Gasteiger partial charge >= 0.3 is 0 Å². The molecule has 0 aliphatic carbocycles. The fraction of sp³-hybridized carbons (Fsp3) is 0.571. The van der Waals surface area contributed by atoms with Gasteiger partial charge in [0.1, 0.15) is 0 Å². The first-order valence-corrected chi connectivity index (χ1v) is 8.58. The van der Waals surface area contributed by atoms with Crippen LogP contribution in [-0.4, -0.2) is 64.5 Å². The van der Waals surface area contributed by atoms with Crippen molar-refractivity contribution >= 4 is 10.0 Å². The van der Waals surface area contributed by atoms with Crippen LogP contribution in [0.15, 0.2) is 29.2 Å². The van der Waals surface area contributed by atoms with Crippen molar-refractivity contribution in [2.45, 2.75) is 17.5 Å². The number of hydrogen-bond donors (Lipinski definition) is 2. The van der Waals surface area contributed by atoms with Gasteiger partial charge in [-0.05, 0) is 31.8 Å². The molecule has 0 amide bonds. The highest BCUT2D eigenvalue weighted by Crippen LogP contribution is 2.12. The van der Waals surface area contributed by atoms with Gasteiger partial charge in [0.05, 0.1) is 4.90 Å². The van der Waals surface area contributed by atoms with Crippen LogP contribution in [0.2, 0.25) is 0 Å². The topological polar surface area (TPSA) is 78.7 Å². The summed E-state index contributed by atoms with van der Waals surface area (Å²) in [6.45, 7) is 3.57. The van der Waals surface area contributed by atoms with Crippen molar-refractivity contribution < 1.29 is 8.42 Å². The molecule has 1 atom stereocenters. The lowest BCUT2D eigenvalue weighted by Gasteiger charge is -2.37. The smallest absolute Gasteiger partial charge is 0.240 e. The summed E-state index contributed by atoms with van der Waals surface area (Å²) in [5, 5.41) is 0. The number of piperazine rings is 1. The summed E-state index contributed by atoms with van der Waals surface area (Å²) >= 11 is 0. The zero-order valence-corrected chi connectivity index (χ0v) is 13.4. The third-order valence-electron chi connectivity index (χ3n) is 3.93. The molecule has 0 saturated carbocycles. The van der Waals surface area contributed by atoms with Gasteiger partial charge in [0, 0.05) is 38.8 Å². The Labute approximate surface area is 127 Å². The second-order valence-electron chi connectivity index (χ2n) is 5.60. The van der Waals surface area contributed by atoms with Gasteiger partial charge in [0.15, 0.2) is 0 Å². The van der Waals surface area contributed by atoms with E-state index in [2.05, 4.69) is 21.6 Å². The van der Waals surface area contributed by atoms with Gasteiger partial charge < -0.3 is 10.6 Å². The molecule has 0 bridgehead atoms. The SMILES string of the molecule is CN1CCN(C)C(CNS(=O)(=O)c2cccc(CN)c2)C1. The molecule has 118 valence electrons. The minimum Gasteiger partial charge on any atom is -0.326 e. The van der Waals surface area contributed by atoms with Crippen LogP contribution < -0.4 is 10.5 Å². The first kappa shape index (κ1) is 16.4. The second-order valence-corrected chi connectivity index (χ2v) is 7.37. The summed E-state index contributed by atoms with van der Waals surface area (Å²) in [4.78, 5) is 4.68. The highest BCUT2D eigenvalue weighted by Gasteiger charge is 2.24. The monoisotopic (exact) mass is 312 g/mol. The standard InChI is InChI=1S/C14H24N4O2S/c1-17-6-7-18(2)13(11-17)10-16-21(19,20)14-5-3-4-12(8-14)9-15/h3-5,8,13,16H,6-7,9-11,15H2,1-2H3. The van der Waals surface area contributed by atoms with Gasteiger partial charge in [0.25, 0.3) is 0 Å². The van der Waals surface area contributed by atoms with Crippen LogP contribution in [0.4, 0.5) is 0 Å². The molecular weight excluding hydrogens is 288 g/mol. The van der Waals surface area contributed by atoms with Gasteiger partial charge in [0.2, 0.25) is 10.0 Å². The first-order valence-electron chi connectivity index (χ1n) is 7.10. The number of nitrogens with one attached hydrogen (secondary N) is 1. The summed E-state index contributed by atoms with van der Waals surface area (Å²) in [5.41, 5.74) is 6.37. The molecule has 0 aromatic heterocycles. The maximum atomic E-state index is 12.3. The van der Waals surface area contributed by atoms with E-state index < -0.39 is 10.0 Å². The fourth-order valence-corrected chi connectivity index (χ4v) is 3.59.